The number of nitrogens with zero attached hydrogens (tertiary/aromatic N) is 1. The molecular weight excluding hydrogens is 322 g/mol. The van der Waals surface area contributed by atoms with E-state index in [0.29, 0.717) is 18.7 Å². The Bertz CT molecular complexity index is 616. The van der Waals surface area contributed by atoms with Gasteiger partial charge in [0.1, 0.15) is 0 Å². The van der Waals surface area contributed by atoms with Gasteiger partial charge in [0.15, 0.2) is 0 Å². The van der Waals surface area contributed by atoms with Crippen LogP contribution in [0, 0.1) is 0 Å². The van der Waals surface area contributed by atoms with Gasteiger partial charge in [-0.15, -0.1) is 12.4 Å². The van der Waals surface area contributed by atoms with Crippen LogP contribution >= 0.6 is 12.4 Å². The second kappa shape index (κ2) is 10.1. The third kappa shape index (κ3) is 5.96. The molecule has 3 N–H and O–H groups in total. The molecule has 0 spiro atoms. The zero-order chi connectivity index (χ0) is 16.7. The molecule has 2 aromatic carbocycles. The van der Waals surface area contributed by atoms with E-state index in [4.69, 9.17) is 5.73 Å². The van der Waals surface area contributed by atoms with E-state index in [1.165, 1.54) is 5.56 Å². The number of hydrogen-bond donors (Lipinski definition) is 2. The van der Waals surface area contributed by atoms with Crippen molar-refractivity contribution in [1.29, 1.82) is 0 Å². The van der Waals surface area contributed by atoms with E-state index in [-0.39, 0.29) is 24.4 Å². The normalized spacial score (nSPS) is 11.7. The minimum Gasteiger partial charge on any atom is -0.350 e. The Labute approximate surface area is 150 Å². The zero-order valence-corrected chi connectivity index (χ0v) is 15.1. The topological polar surface area (TPSA) is 58.4 Å². The predicted molar refractivity (Wildman–Crippen MR) is 101 cm³/mol. The SMILES string of the molecule is CC(CNC(=O)c1ccc(CN)cc1)N(C)Cc1ccccc1.Cl. The van der Waals surface area contributed by atoms with Crippen LogP contribution in [0.15, 0.2) is 54.6 Å². The Balaban J connectivity index is 0.00000288. The fraction of sp³-hybridized carbons (Fsp3) is 0.316. The van der Waals surface area contributed by atoms with Crippen LogP contribution in [0.3, 0.4) is 0 Å². The first-order chi connectivity index (χ1) is 11.1. The van der Waals surface area contributed by atoms with E-state index in [9.17, 15) is 4.79 Å². The molecule has 0 aliphatic rings. The van der Waals surface area contributed by atoms with Crippen molar-refractivity contribution < 1.29 is 4.79 Å². The number of likely N-dealkylation sites (N-methyl/N-ethyl adjacent to an activating group) is 1. The summed E-state index contributed by atoms with van der Waals surface area (Å²) in [6.45, 7) is 4.08. The molecule has 2 aromatic rings. The molecule has 1 unspecified atom stereocenters. The maximum atomic E-state index is 12.2. The monoisotopic (exact) mass is 347 g/mol. The highest BCUT2D eigenvalue weighted by molar-refractivity contribution is 5.94. The fourth-order valence-corrected chi connectivity index (χ4v) is 2.32. The lowest BCUT2D eigenvalue weighted by molar-refractivity contribution is 0.0940. The summed E-state index contributed by atoms with van der Waals surface area (Å²) in [5, 5.41) is 2.99. The molecule has 0 saturated heterocycles. The lowest BCUT2D eigenvalue weighted by atomic mass is 10.1. The van der Waals surface area contributed by atoms with Crippen molar-refractivity contribution in [2.75, 3.05) is 13.6 Å². The average Bonchev–Trinajstić information content (AvgIpc) is 2.60. The highest BCUT2D eigenvalue weighted by atomic mass is 35.5. The first kappa shape index (κ1) is 20.2. The van der Waals surface area contributed by atoms with Gasteiger partial charge in [-0.1, -0.05) is 42.5 Å². The Kier molecular flexibility index (Phi) is 8.47. The van der Waals surface area contributed by atoms with E-state index in [0.717, 1.165) is 12.1 Å². The Morgan fingerprint density at radius 2 is 1.71 bits per heavy atom. The van der Waals surface area contributed by atoms with Gasteiger partial charge >= 0.3 is 0 Å². The smallest absolute Gasteiger partial charge is 0.251 e. The van der Waals surface area contributed by atoms with Gasteiger partial charge in [0.05, 0.1) is 0 Å². The lowest BCUT2D eigenvalue weighted by Crippen LogP contribution is -2.39. The van der Waals surface area contributed by atoms with E-state index < -0.39 is 0 Å². The van der Waals surface area contributed by atoms with Gasteiger partial charge in [0.2, 0.25) is 0 Å². The quantitative estimate of drug-likeness (QED) is 0.809. The van der Waals surface area contributed by atoms with Crippen LogP contribution in [-0.2, 0) is 13.1 Å². The largest absolute Gasteiger partial charge is 0.350 e. The summed E-state index contributed by atoms with van der Waals surface area (Å²) < 4.78 is 0. The molecule has 0 radical (unpaired) electrons. The summed E-state index contributed by atoms with van der Waals surface area (Å²) in [6, 6.07) is 18.0. The summed E-state index contributed by atoms with van der Waals surface area (Å²) in [5.41, 5.74) is 8.53. The number of hydrogen-bond acceptors (Lipinski definition) is 3. The Hall–Kier alpha value is -1.88. The number of nitrogens with two attached hydrogens (primary N) is 1. The van der Waals surface area contributed by atoms with E-state index >= 15 is 0 Å². The van der Waals surface area contributed by atoms with Crippen molar-refractivity contribution in [1.82, 2.24) is 10.2 Å². The van der Waals surface area contributed by atoms with Crippen molar-refractivity contribution in [2.24, 2.45) is 5.73 Å². The number of halogens is 1. The van der Waals surface area contributed by atoms with Crippen LogP contribution in [0.2, 0.25) is 0 Å². The van der Waals surface area contributed by atoms with Crippen LogP contribution in [0.1, 0.15) is 28.4 Å². The maximum Gasteiger partial charge on any atom is 0.251 e. The second-order valence-corrected chi connectivity index (χ2v) is 5.86. The van der Waals surface area contributed by atoms with E-state index in [1.54, 1.807) is 0 Å². The molecular formula is C19H26ClN3O. The highest BCUT2D eigenvalue weighted by Gasteiger charge is 2.12. The van der Waals surface area contributed by atoms with Gasteiger partial charge in [-0.25, -0.2) is 0 Å². The van der Waals surface area contributed by atoms with Crippen LogP contribution in [-0.4, -0.2) is 30.4 Å². The molecule has 0 saturated carbocycles. The number of nitrogens with one attached hydrogen (secondary N) is 1. The maximum absolute atomic E-state index is 12.2. The second-order valence-electron chi connectivity index (χ2n) is 5.86. The van der Waals surface area contributed by atoms with Crippen molar-refractivity contribution in [3.05, 3.63) is 71.3 Å². The number of carbonyl (C=O) groups is 1. The molecule has 2 rings (SSSR count). The molecule has 1 atom stereocenters. The average molecular weight is 348 g/mol. The van der Waals surface area contributed by atoms with Crippen molar-refractivity contribution in [3.8, 4) is 0 Å². The van der Waals surface area contributed by atoms with Gasteiger partial charge in [0.25, 0.3) is 5.91 Å². The lowest BCUT2D eigenvalue weighted by Gasteiger charge is -2.25. The molecule has 4 nitrogen and oxygen atoms in total. The standard InChI is InChI=1S/C19H25N3O.ClH/c1-15(22(2)14-17-6-4-3-5-7-17)13-21-19(23)18-10-8-16(12-20)9-11-18;/h3-11,15H,12-14,20H2,1-2H3,(H,21,23);1H. The van der Waals surface area contributed by atoms with E-state index in [1.807, 2.05) is 42.5 Å². The number of rotatable bonds is 7. The molecule has 0 fully saturated rings. The van der Waals surface area contributed by atoms with Crippen LogP contribution < -0.4 is 11.1 Å². The molecule has 0 bridgehead atoms. The van der Waals surface area contributed by atoms with Crippen LogP contribution in [0.25, 0.3) is 0 Å². The molecule has 5 heteroatoms. The molecule has 130 valence electrons. The molecule has 0 heterocycles. The molecule has 0 aliphatic carbocycles. The zero-order valence-electron chi connectivity index (χ0n) is 14.2. The molecule has 0 aliphatic heterocycles. The Morgan fingerprint density at radius 1 is 1.08 bits per heavy atom. The van der Waals surface area contributed by atoms with Crippen molar-refractivity contribution in [2.45, 2.75) is 26.1 Å². The number of benzene rings is 2. The fourth-order valence-electron chi connectivity index (χ4n) is 2.32. The van der Waals surface area contributed by atoms with E-state index in [2.05, 4.69) is 36.3 Å². The summed E-state index contributed by atoms with van der Waals surface area (Å²) in [6.07, 6.45) is 0. The predicted octanol–water partition coefficient (Wildman–Crippen LogP) is 2.82. The highest BCUT2D eigenvalue weighted by Crippen LogP contribution is 2.07. The Morgan fingerprint density at radius 3 is 2.29 bits per heavy atom. The van der Waals surface area contributed by atoms with Crippen LogP contribution in [0.5, 0.6) is 0 Å². The minimum atomic E-state index is -0.0477. The first-order valence-corrected chi connectivity index (χ1v) is 7.91. The van der Waals surface area contributed by atoms with Gasteiger partial charge in [0, 0.05) is 31.2 Å². The summed E-state index contributed by atoms with van der Waals surface area (Å²) in [4.78, 5) is 14.4. The molecule has 0 aromatic heterocycles. The van der Waals surface area contributed by atoms with Gasteiger partial charge in [-0.05, 0) is 37.2 Å². The first-order valence-electron chi connectivity index (χ1n) is 7.91. The van der Waals surface area contributed by atoms with Crippen molar-refractivity contribution >= 4 is 18.3 Å². The minimum absolute atomic E-state index is 0. The molecule has 24 heavy (non-hydrogen) atoms. The summed E-state index contributed by atoms with van der Waals surface area (Å²) in [5.74, 6) is -0.0477. The number of carbonyl (C=O) groups excluding carboxylic acids is 1. The van der Waals surface area contributed by atoms with Crippen LogP contribution in [0.4, 0.5) is 0 Å². The third-order valence-electron chi connectivity index (χ3n) is 4.04. The van der Waals surface area contributed by atoms with Gasteiger partial charge in [-0.3, -0.25) is 9.69 Å². The summed E-state index contributed by atoms with van der Waals surface area (Å²) in [7, 11) is 2.07. The van der Waals surface area contributed by atoms with Gasteiger partial charge < -0.3 is 11.1 Å². The van der Waals surface area contributed by atoms with Gasteiger partial charge in [-0.2, -0.15) is 0 Å². The summed E-state index contributed by atoms with van der Waals surface area (Å²) >= 11 is 0. The van der Waals surface area contributed by atoms with Crippen molar-refractivity contribution in [3.63, 3.8) is 0 Å². The molecule has 1 amide bonds. The number of amides is 1. The third-order valence-corrected chi connectivity index (χ3v) is 4.04.